The molecule has 2 N–H and O–H groups in total. The second-order valence-corrected chi connectivity index (χ2v) is 6.81. The van der Waals surface area contributed by atoms with Crippen LogP contribution in [0.4, 0.5) is 10.1 Å². The largest absolute Gasteiger partial charge is 0.459 e. The number of nitrogens with one attached hydrogen (secondary N) is 2. The number of furan rings is 1. The van der Waals surface area contributed by atoms with Crippen LogP contribution in [0.15, 0.2) is 45.4 Å². The molecule has 1 unspecified atom stereocenters. The summed E-state index contributed by atoms with van der Waals surface area (Å²) in [6.07, 6.45) is 2.39. The quantitative estimate of drug-likeness (QED) is 0.599. The Morgan fingerprint density at radius 1 is 1.36 bits per heavy atom. The Hall–Kier alpha value is -2.71. The van der Waals surface area contributed by atoms with Gasteiger partial charge in [0.2, 0.25) is 0 Å². The topological polar surface area (TPSA) is 85.6 Å². The van der Waals surface area contributed by atoms with E-state index in [1.807, 2.05) is 13.8 Å². The highest BCUT2D eigenvalue weighted by Gasteiger charge is 2.27. The second kappa shape index (κ2) is 8.99. The predicted molar refractivity (Wildman–Crippen MR) is 101 cm³/mol. The molecule has 1 amide bonds. The summed E-state index contributed by atoms with van der Waals surface area (Å²) in [5, 5.41) is 10.9. The average molecular weight is 408 g/mol. The maximum atomic E-state index is 13.2. The van der Waals surface area contributed by atoms with Crippen LogP contribution < -0.4 is 10.2 Å². The van der Waals surface area contributed by atoms with Gasteiger partial charge in [-0.2, -0.15) is 0 Å². The lowest BCUT2D eigenvalue weighted by atomic mass is 10.2. The summed E-state index contributed by atoms with van der Waals surface area (Å²) in [5.41, 5.74) is 0.369. The number of amides is 1. The van der Waals surface area contributed by atoms with Crippen molar-refractivity contribution in [3.8, 4) is 11.7 Å². The molecule has 0 aliphatic carbocycles. The Morgan fingerprint density at radius 2 is 2.18 bits per heavy atom. The summed E-state index contributed by atoms with van der Waals surface area (Å²) in [4.78, 5) is 13.6. The fraction of sp³-hybridized carbons (Fsp3) is 0.316. The van der Waals surface area contributed by atoms with Crippen molar-refractivity contribution in [2.24, 2.45) is 0 Å². The molecule has 3 rings (SSSR count). The highest BCUT2D eigenvalue weighted by molar-refractivity contribution is 6.33. The van der Waals surface area contributed by atoms with Crippen LogP contribution in [0.3, 0.4) is 0 Å². The SMILES string of the molecule is CCC[NH+](Cc1nnc(-c2ccco2)o1)[C@@H](C)C(=O)Nc1ccc(F)cc1Cl. The van der Waals surface area contributed by atoms with Gasteiger partial charge in [0.15, 0.2) is 18.3 Å². The minimum absolute atomic E-state index is 0.151. The van der Waals surface area contributed by atoms with E-state index in [4.69, 9.17) is 20.4 Å². The van der Waals surface area contributed by atoms with Gasteiger partial charge >= 0.3 is 0 Å². The van der Waals surface area contributed by atoms with Crippen molar-refractivity contribution in [1.29, 1.82) is 0 Å². The molecule has 0 fully saturated rings. The predicted octanol–water partition coefficient (Wildman–Crippen LogP) is 2.94. The molecule has 7 nitrogen and oxygen atoms in total. The molecule has 0 saturated heterocycles. The van der Waals surface area contributed by atoms with Crippen molar-refractivity contribution in [2.75, 3.05) is 11.9 Å². The zero-order valence-corrected chi connectivity index (χ0v) is 16.3. The van der Waals surface area contributed by atoms with Crippen LogP contribution >= 0.6 is 11.6 Å². The van der Waals surface area contributed by atoms with Gasteiger partial charge in [-0.3, -0.25) is 4.79 Å². The molecular weight excluding hydrogens is 387 g/mol. The second-order valence-electron chi connectivity index (χ2n) is 6.40. The first-order chi connectivity index (χ1) is 13.5. The lowest BCUT2D eigenvalue weighted by Crippen LogP contribution is -3.15. The van der Waals surface area contributed by atoms with Crippen molar-refractivity contribution >= 4 is 23.2 Å². The molecule has 0 bridgehead atoms. The number of hydrogen-bond donors (Lipinski definition) is 2. The molecule has 0 saturated carbocycles. The normalized spacial score (nSPS) is 13.3. The van der Waals surface area contributed by atoms with Crippen molar-refractivity contribution in [2.45, 2.75) is 32.9 Å². The molecule has 28 heavy (non-hydrogen) atoms. The molecule has 3 aromatic rings. The molecule has 2 heterocycles. The van der Waals surface area contributed by atoms with Crippen LogP contribution in [0.5, 0.6) is 0 Å². The molecule has 0 aliphatic heterocycles. The van der Waals surface area contributed by atoms with Crippen molar-refractivity contribution in [3.05, 3.63) is 53.3 Å². The highest BCUT2D eigenvalue weighted by atomic mass is 35.5. The molecule has 2 aromatic heterocycles. The summed E-state index contributed by atoms with van der Waals surface area (Å²) >= 11 is 6.00. The van der Waals surface area contributed by atoms with Crippen LogP contribution in [0, 0.1) is 5.82 Å². The molecule has 1 aromatic carbocycles. The van der Waals surface area contributed by atoms with Gasteiger partial charge in [-0.1, -0.05) is 18.5 Å². The summed E-state index contributed by atoms with van der Waals surface area (Å²) in [5.74, 6) is 0.508. The van der Waals surface area contributed by atoms with Gasteiger partial charge in [-0.15, -0.1) is 10.2 Å². The third-order valence-corrected chi connectivity index (χ3v) is 4.66. The third-order valence-electron chi connectivity index (χ3n) is 4.34. The van der Waals surface area contributed by atoms with E-state index >= 15 is 0 Å². The maximum Gasteiger partial charge on any atom is 0.283 e. The summed E-state index contributed by atoms with van der Waals surface area (Å²) < 4.78 is 24.1. The Balaban J connectivity index is 1.69. The number of aromatic nitrogens is 2. The zero-order chi connectivity index (χ0) is 20.1. The number of carbonyl (C=O) groups is 1. The van der Waals surface area contributed by atoms with Gasteiger partial charge < -0.3 is 19.1 Å². The molecular formula is C19H21ClFN4O3+. The van der Waals surface area contributed by atoms with Gasteiger partial charge in [0, 0.05) is 0 Å². The molecule has 0 aliphatic rings. The van der Waals surface area contributed by atoms with E-state index < -0.39 is 11.9 Å². The first kappa shape index (κ1) is 20.0. The maximum absolute atomic E-state index is 13.2. The summed E-state index contributed by atoms with van der Waals surface area (Å²) in [6.45, 7) is 4.95. The number of anilines is 1. The smallest absolute Gasteiger partial charge is 0.283 e. The van der Waals surface area contributed by atoms with Gasteiger partial charge in [-0.25, -0.2) is 4.39 Å². The number of hydrogen-bond acceptors (Lipinski definition) is 5. The van der Waals surface area contributed by atoms with E-state index in [2.05, 4.69) is 15.5 Å². The van der Waals surface area contributed by atoms with E-state index in [1.54, 1.807) is 12.1 Å². The standard InChI is InChI=1S/C19H20ClFN4O3/c1-3-8-25(11-17-23-24-19(28-17)16-5-4-9-27-16)12(2)18(26)22-15-7-6-13(21)10-14(15)20/h4-7,9-10,12H,3,8,11H2,1-2H3,(H,22,26)/p+1/t12-/m0/s1. The molecule has 148 valence electrons. The minimum Gasteiger partial charge on any atom is -0.459 e. The first-order valence-corrected chi connectivity index (χ1v) is 9.32. The Bertz CT molecular complexity index is 929. The van der Waals surface area contributed by atoms with E-state index in [0.717, 1.165) is 23.9 Å². The average Bonchev–Trinajstić information content (AvgIpc) is 3.34. The Labute approximate surface area is 166 Å². The molecule has 0 radical (unpaired) electrons. The van der Waals surface area contributed by atoms with Gasteiger partial charge in [0.25, 0.3) is 17.7 Å². The summed E-state index contributed by atoms with van der Waals surface area (Å²) in [7, 11) is 0. The lowest BCUT2D eigenvalue weighted by molar-refractivity contribution is -0.928. The monoisotopic (exact) mass is 407 g/mol. The molecule has 2 atom stereocenters. The Morgan fingerprint density at radius 3 is 2.86 bits per heavy atom. The van der Waals surface area contributed by atoms with Crippen molar-refractivity contribution < 1.29 is 22.9 Å². The van der Waals surface area contributed by atoms with Crippen LogP contribution in [0.25, 0.3) is 11.7 Å². The summed E-state index contributed by atoms with van der Waals surface area (Å²) in [6, 6.07) is 6.90. The van der Waals surface area contributed by atoms with E-state index in [9.17, 15) is 9.18 Å². The number of carbonyl (C=O) groups excluding carboxylic acids is 1. The van der Waals surface area contributed by atoms with Crippen LogP contribution in [-0.2, 0) is 11.3 Å². The zero-order valence-electron chi connectivity index (χ0n) is 15.5. The van der Waals surface area contributed by atoms with Gasteiger partial charge in [0.1, 0.15) is 5.82 Å². The fourth-order valence-corrected chi connectivity index (χ4v) is 3.03. The van der Waals surface area contributed by atoms with Crippen LogP contribution in [0.2, 0.25) is 5.02 Å². The van der Waals surface area contributed by atoms with Crippen LogP contribution in [0.1, 0.15) is 26.2 Å². The highest BCUT2D eigenvalue weighted by Crippen LogP contribution is 2.22. The van der Waals surface area contributed by atoms with Gasteiger partial charge in [-0.05, 0) is 43.7 Å². The van der Waals surface area contributed by atoms with E-state index in [0.29, 0.717) is 29.8 Å². The van der Waals surface area contributed by atoms with Gasteiger partial charge in [0.05, 0.1) is 23.5 Å². The molecule has 9 heteroatoms. The number of nitrogens with zero attached hydrogens (tertiary/aromatic N) is 2. The fourth-order valence-electron chi connectivity index (χ4n) is 2.82. The Kier molecular flexibility index (Phi) is 6.43. The van der Waals surface area contributed by atoms with Crippen LogP contribution in [-0.4, -0.2) is 28.7 Å². The van der Waals surface area contributed by atoms with Crippen molar-refractivity contribution in [3.63, 3.8) is 0 Å². The molecule has 0 spiro atoms. The number of halogens is 2. The number of quaternary nitrogens is 1. The minimum atomic E-state index is -0.460. The lowest BCUT2D eigenvalue weighted by Gasteiger charge is -2.23. The third kappa shape index (κ3) is 4.76. The number of benzene rings is 1. The first-order valence-electron chi connectivity index (χ1n) is 8.94. The van der Waals surface area contributed by atoms with E-state index in [1.165, 1.54) is 18.4 Å². The van der Waals surface area contributed by atoms with E-state index in [-0.39, 0.29) is 10.9 Å². The van der Waals surface area contributed by atoms with Crippen molar-refractivity contribution in [1.82, 2.24) is 10.2 Å². The number of rotatable bonds is 8.